The SMILES string of the molecule is Cc1ccnc(NCC(C)CCCl)c1Br. The van der Waals surface area contributed by atoms with Crippen molar-refractivity contribution in [3.63, 3.8) is 0 Å². The minimum atomic E-state index is 0.566. The average molecular weight is 292 g/mol. The number of nitrogens with zero attached hydrogens (tertiary/aromatic N) is 1. The van der Waals surface area contributed by atoms with Crippen molar-refractivity contribution < 1.29 is 0 Å². The summed E-state index contributed by atoms with van der Waals surface area (Å²) in [6, 6.07) is 1.98. The highest BCUT2D eigenvalue weighted by Gasteiger charge is 2.05. The summed E-state index contributed by atoms with van der Waals surface area (Å²) in [6.07, 6.45) is 2.84. The molecule has 1 aromatic heterocycles. The molecule has 84 valence electrons. The standard InChI is InChI=1S/C11H16BrClN2/c1-8(3-5-13)7-15-11-10(12)9(2)4-6-14-11/h4,6,8H,3,5,7H2,1-2H3,(H,14,15). The van der Waals surface area contributed by atoms with Crippen molar-refractivity contribution >= 4 is 33.3 Å². The molecule has 0 radical (unpaired) electrons. The molecule has 1 aromatic rings. The van der Waals surface area contributed by atoms with E-state index in [4.69, 9.17) is 11.6 Å². The summed E-state index contributed by atoms with van der Waals surface area (Å²) in [7, 11) is 0. The molecule has 0 saturated carbocycles. The zero-order valence-electron chi connectivity index (χ0n) is 9.06. The van der Waals surface area contributed by atoms with Gasteiger partial charge < -0.3 is 5.32 Å². The normalized spacial score (nSPS) is 12.5. The summed E-state index contributed by atoms with van der Waals surface area (Å²) >= 11 is 9.20. The Morgan fingerprint density at radius 2 is 2.33 bits per heavy atom. The van der Waals surface area contributed by atoms with Gasteiger partial charge in [-0.15, -0.1) is 11.6 Å². The third-order valence-electron chi connectivity index (χ3n) is 2.30. The Bertz CT molecular complexity index is 317. The molecule has 1 atom stereocenters. The first kappa shape index (κ1) is 12.8. The van der Waals surface area contributed by atoms with Gasteiger partial charge in [-0.3, -0.25) is 0 Å². The maximum absolute atomic E-state index is 5.68. The van der Waals surface area contributed by atoms with Crippen molar-refractivity contribution in [1.82, 2.24) is 4.98 Å². The van der Waals surface area contributed by atoms with E-state index in [1.807, 2.05) is 12.3 Å². The summed E-state index contributed by atoms with van der Waals surface area (Å²) in [6.45, 7) is 5.14. The van der Waals surface area contributed by atoms with E-state index in [-0.39, 0.29) is 0 Å². The summed E-state index contributed by atoms with van der Waals surface area (Å²) in [5.41, 5.74) is 1.19. The van der Waals surface area contributed by atoms with Crippen LogP contribution < -0.4 is 5.32 Å². The predicted octanol–water partition coefficient (Wildman–Crippen LogP) is 3.83. The number of nitrogens with one attached hydrogen (secondary N) is 1. The highest BCUT2D eigenvalue weighted by molar-refractivity contribution is 9.10. The largest absolute Gasteiger partial charge is 0.369 e. The molecule has 0 spiro atoms. The Balaban J connectivity index is 2.54. The maximum Gasteiger partial charge on any atom is 0.140 e. The van der Waals surface area contributed by atoms with Crippen LogP contribution in [-0.2, 0) is 0 Å². The van der Waals surface area contributed by atoms with Crippen LogP contribution in [0.15, 0.2) is 16.7 Å². The van der Waals surface area contributed by atoms with Crippen molar-refractivity contribution in [2.45, 2.75) is 20.3 Å². The number of aromatic nitrogens is 1. The molecule has 0 aromatic carbocycles. The first-order chi connectivity index (χ1) is 7.15. The van der Waals surface area contributed by atoms with Gasteiger partial charge in [-0.2, -0.15) is 0 Å². The van der Waals surface area contributed by atoms with Gasteiger partial charge >= 0.3 is 0 Å². The van der Waals surface area contributed by atoms with Gasteiger partial charge in [0.1, 0.15) is 5.82 Å². The van der Waals surface area contributed by atoms with Gasteiger partial charge in [-0.25, -0.2) is 4.98 Å². The van der Waals surface area contributed by atoms with Crippen LogP contribution >= 0.6 is 27.5 Å². The van der Waals surface area contributed by atoms with E-state index >= 15 is 0 Å². The summed E-state index contributed by atoms with van der Waals surface area (Å²) in [4.78, 5) is 4.28. The molecule has 1 unspecified atom stereocenters. The summed E-state index contributed by atoms with van der Waals surface area (Å²) in [5, 5.41) is 3.32. The van der Waals surface area contributed by atoms with Crippen molar-refractivity contribution in [3.8, 4) is 0 Å². The lowest BCUT2D eigenvalue weighted by Gasteiger charge is -2.13. The smallest absolute Gasteiger partial charge is 0.140 e. The second-order valence-electron chi connectivity index (χ2n) is 3.75. The molecule has 2 nitrogen and oxygen atoms in total. The van der Waals surface area contributed by atoms with Gasteiger partial charge in [0, 0.05) is 18.6 Å². The molecule has 0 bridgehead atoms. The highest BCUT2D eigenvalue weighted by Crippen LogP contribution is 2.23. The summed E-state index contributed by atoms with van der Waals surface area (Å²) in [5.74, 6) is 2.19. The fourth-order valence-electron chi connectivity index (χ4n) is 1.22. The van der Waals surface area contributed by atoms with Gasteiger partial charge in [-0.1, -0.05) is 6.92 Å². The maximum atomic E-state index is 5.68. The van der Waals surface area contributed by atoms with Crippen molar-refractivity contribution in [2.75, 3.05) is 17.7 Å². The molecule has 15 heavy (non-hydrogen) atoms. The second kappa shape index (κ2) is 6.33. The van der Waals surface area contributed by atoms with E-state index < -0.39 is 0 Å². The monoisotopic (exact) mass is 290 g/mol. The molecule has 0 saturated heterocycles. The molecule has 0 aliphatic rings. The third kappa shape index (κ3) is 3.99. The van der Waals surface area contributed by atoms with E-state index in [1.165, 1.54) is 5.56 Å². The van der Waals surface area contributed by atoms with Gasteiger partial charge in [0.25, 0.3) is 0 Å². The number of alkyl halides is 1. The quantitative estimate of drug-likeness (QED) is 0.834. The number of pyridine rings is 1. The molecular formula is C11H16BrClN2. The highest BCUT2D eigenvalue weighted by atomic mass is 79.9. The Morgan fingerprint density at radius 1 is 1.60 bits per heavy atom. The number of halogens is 2. The van der Waals surface area contributed by atoms with Gasteiger partial charge in [0.2, 0.25) is 0 Å². The predicted molar refractivity (Wildman–Crippen MR) is 69.7 cm³/mol. The summed E-state index contributed by atoms with van der Waals surface area (Å²) < 4.78 is 1.04. The van der Waals surface area contributed by atoms with Crippen LogP contribution in [0.4, 0.5) is 5.82 Å². The molecule has 1 N–H and O–H groups in total. The van der Waals surface area contributed by atoms with Crippen LogP contribution in [0, 0.1) is 12.8 Å². The lowest BCUT2D eigenvalue weighted by molar-refractivity contribution is 0.596. The van der Waals surface area contributed by atoms with Crippen LogP contribution in [-0.4, -0.2) is 17.4 Å². The van der Waals surface area contributed by atoms with Crippen molar-refractivity contribution in [3.05, 3.63) is 22.3 Å². The first-order valence-electron chi connectivity index (χ1n) is 5.06. The van der Waals surface area contributed by atoms with E-state index in [0.29, 0.717) is 11.8 Å². The molecule has 0 aliphatic carbocycles. The Labute approximate surface area is 105 Å². The molecule has 0 aliphatic heterocycles. The lowest BCUT2D eigenvalue weighted by atomic mass is 10.1. The average Bonchev–Trinajstić information content (AvgIpc) is 2.21. The van der Waals surface area contributed by atoms with E-state index in [0.717, 1.165) is 23.3 Å². The zero-order chi connectivity index (χ0) is 11.3. The van der Waals surface area contributed by atoms with Gasteiger partial charge in [0.15, 0.2) is 0 Å². The van der Waals surface area contributed by atoms with E-state index in [9.17, 15) is 0 Å². The molecule has 0 fully saturated rings. The van der Waals surface area contributed by atoms with E-state index in [2.05, 4.69) is 40.1 Å². The Hall–Kier alpha value is -0.280. The number of anilines is 1. The molecule has 1 heterocycles. The fourth-order valence-corrected chi connectivity index (χ4v) is 1.97. The first-order valence-corrected chi connectivity index (χ1v) is 6.38. The van der Waals surface area contributed by atoms with Crippen LogP contribution in [0.5, 0.6) is 0 Å². The molecule has 1 rings (SSSR count). The topological polar surface area (TPSA) is 24.9 Å². The Morgan fingerprint density at radius 3 is 3.00 bits per heavy atom. The van der Waals surface area contributed by atoms with Crippen LogP contribution in [0.3, 0.4) is 0 Å². The van der Waals surface area contributed by atoms with Crippen LogP contribution in [0.25, 0.3) is 0 Å². The molecule has 0 amide bonds. The number of rotatable bonds is 5. The lowest BCUT2D eigenvalue weighted by Crippen LogP contribution is -2.13. The van der Waals surface area contributed by atoms with Gasteiger partial charge in [0.05, 0.1) is 4.47 Å². The fraction of sp³-hybridized carbons (Fsp3) is 0.545. The number of aryl methyl sites for hydroxylation is 1. The van der Waals surface area contributed by atoms with Crippen molar-refractivity contribution in [2.24, 2.45) is 5.92 Å². The minimum Gasteiger partial charge on any atom is -0.369 e. The molecular weight excluding hydrogens is 275 g/mol. The second-order valence-corrected chi connectivity index (χ2v) is 4.93. The molecule has 4 heteroatoms. The zero-order valence-corrected chi connectivity index (χ0v) is 11.4. The Kier molecular flexibility index (Phi) is 5.40. The van der Waals surface area contributed by atoms with Crippen LogP contribution in [0.2, 0.25) is 0 Å². The van der Waals surface area contributed by atoms with Crippen molar-refractivity contribution in [1.29, 1.82) is 0 Å². The minimum absolute atomic E-state index is 0.566. The van der Waals surface area contributed by atoms with E-state index in [1.54, 1.807) is 0 Å². The number of hydrogen-bond donors (Lipinski definition) is 1. The van der Waals surface area contributed by atoms with Gasteiger partial charge in [-0.05, 0) is 46.8 Å². The third-order valence-corrected chi connectivity index (χ3v) is 3.52. The number of hydrogen-bond acceptors (Lipinski definition) is 2. The van der Waals surface area contributed by atoms with Crippen LogP contribution in [0.1, 0.15) is 18.9 Å².